The molecule has 1 aromatic carbocycles. The number of carbonyl (C=O) groups excluding carboxylic acids is 1. The lowest BCUT2D eigenvalue weighted by atomic mass is 10.1. The number of halogens is 1. The number of nitrogens with zero attached hydrogens (tertiary/aromatic N) is 2. The van der Waals surface area contributed by atoms with Gasteiger partial charge in [-0.15, -0.1) is 11.3 Å². The van der Waals surface area contributed by atoms with Gasteiger partial charge in [-0.1, -0.05) is 18.2 Å². The molecule has 0 fully saturated rings. The van der Waals surface area contributed by atoms with Crippen molar-refractivity contribution in [1.82, 2.24) is 15.3 Å². The molecule has 3 aromatic rings. The molecule has 0 saturated carbocycles. The van der Waals surface area contributed by atoms with Crippen molar-refractivity contribution in [2.45, 2.75) is 25.7 Å². The zero-order valence-electron chi connectivity index (χ0n) is 14.3. The first-order chi connectivity index (χ1) is 12.7. The van der Waals surface area contributed by atoms with Crippen LogP contribution in [0.15, 0.2) is 54.2 Å². The highest BCUT2D eigenvalue weighted by molar-refractivity contribution is 7.09. The van der Waals surface area contributed by atoms with Gasteiger partial charge in [-0.3, -0.25) is 9.78 Å². The predicted molar refractivity (Wildman–Crippen MR) is 101 cm³/mol. The van der Waals surface area contributed by atoms with E-state index in [0.29, 0.717) is 18.5 Å². The predicted octanol–water partition coefficient (Wildman–Crippen LogP) is 3.36. The Bertz CT molecular complexity index is 851. The molecule has 0 aliphatic heterocycles. The van der Waals surface area contributed by atoms with Gasteiger partial charge in [-0.25, -0.2) is 9.37 Å². The summed E-state index contributed by atoms with van der Waals surface area (Å²) in [7, 11) is 0. The Morgan fingerprint density at radius 1 is 1.08 bits per heavy atom. The smallest absolute Gasteiger partial charge is 0.226 e. The van der Waals surface area contributed by atoms with Crippen molar-refractivity contribution in [2.24, 2.45) is 0 Å². The van der Waals surface area contributed by atoms with Crippen LogP contribution in [0.1, 0.15) is 21.8 Å². The van der Waals surface area contributed by atoms with E-state index in [9.17, 15) is 9.18 Å². The molecule has 6 heteroatoms. The monoisotopic (exact) mass is 369 g/mol. The van der Waals surface area contributed by atoms with Crippen LogP contribution in [-0.4, -0.2) is 22.4 Å². The van der Waals surface area contributed by atoms with E-state index in [0.717, 1.165) is 23.5 Å². The van der Waals surface area contributed by atoms with Crippen molar-refractivity contribution >= 4 is 17.2 Å². The first kappa shape index (κ1) is 18.2. The average Bonchev–Trinajstić information content (AvgIpc) is 3.10. The van der Waals surface area contributed by atoms with Gasteiger partial charge in [-0.05, 0) is 42.2 Å². The largest absolute Gasteiger partial charge is 0.355 e. The Morgan fingerprint density at radius 2 is 1.88 bits per heavy atom. The van der Waals surface area contributed by atoms with Crippen LogP contribution < -0.4 is 5.32 Å². The zero-order valence-corrected chi connectivity index (χ0v) is 15.1. The molecule has 0 atom stereocenters. The summed E-state index contributed by atoms with van der Waals surface area (Å²) in [6.07, 6.45) is 6.06. The number of thiazole rings is 1. The Kier molecular flexibility index (Phi) is 6.44. The van der Waals surface area contributed by atoms with Crippen molar-refractivity contribution in [3.05, 3.63) is 81.8 Å². The Labute approximate surface area is 156 Å². The number of aromatic nitrogens is 2. The van der Waals surface area contributed by atoms with E-state index in [-0.39, 0.29) is 18.1 Å². The fourth-order valence-electron chi connectivity index (χ4n) is 2.61. The second kappa shape index (κ2) is 9.20. The number of pyridine rings is 1. The summed E-state index contributed by atoms with van der Waals surface area (Å²) in [5.41, 5.74) is 2.62. The molecule has 134 valence electrons. The van der Waals surface area contributed by atoms with E-state index in [1.165, 1.54) is 11.6 Å². The highest BCUT2D eigenvalue weighted by atomic mass is 32.1. The maximum Gasteiger partial charge on any atom is 0.226 e. The molecule has 2 heterocycles. The van der Waals surface area contributed by atoms with E-state index in [2.05, 4.69) is 15.3 Å². The van der Waals surface area contributed by atoms with Crippen LogP contribution in [0.3, 0.4) is 0 Å². The quantitative estimate of drug-likeness (QED) is 0.662. The van der Waals surface area contributed by atoms with Crippen LogP contribution in [0.2, 0.25) is 0 Å². The number of hydrogen-bond donors (Lipinski definition) is 1. The molecule has 0 unspecified atom stereocenters. The minimum absolute atomic E-state index is 0.0904. The van der Waals surface area contributed by atoms with E-state index >= 15 is 0 Å². The normalized spacial score (nSPS) is 10.7. The topological polar surface area (TPSA) is 54.9 Å². The van der Waals surface area contributed by atoms with Crippen molar-refractivity contribution in [2.75, 3.05) is 6.54 Å². The Balaban J connectivity index is 1.42. The number of amides is 1. The third kappa shape index (κ3) is 5.46. The maximum atomic E-state index is 13.5. The minimum atomic E-state index is -0.236. The summed E-state index contributed by atoms with van der Waals surface area (Å²) < 4.78 is 13.5. The molecule has 0 spiro atoms. The minimum Gasteiger partial charge on any atom is -0.355 e. The SMILES string of the molecule is O=C(Cc1csc(CCc2ccncc2)n1)NCCc1ccccc1F. The Hall–Kier alpha value is -2.60. The molecule has 4 nitrogen and oxygen atoms in total. The first-order valence-electron chi connectivity index (χ1n) is 8.53. The number of carbonyl (C=O) groups is 1. The zero-order chi connectivity index (χ0) is 18.2. The maximum absolute atomic E-state index is 13.5. The third-order valence-electron chi connectivity index (χ3n) is 3.99. The van der Waals surface area contributed by atoms with Gasteiger partial charge in [0.05, 0.1) is 17.1 Å². The van der Waals surface area contributed by atoms with E-state index < -0.39 is 0 Å². The molecule has 0 radical (unpaired) electrons. The summed E-state index contributed by atoms with van der Waals surface area (Å²) in [4.78, 5) is 20.6. The first-order valence-corrected chi connectivity index (χ1v) is 9.41. The van der Waals surface area contributed by atoms with Crippen molar-refractivity contribution in [1.29, 1.82) is 0 Å². The third-order valence-corrected chi connectivity index (χ3v) is 4.95. The lowest BCUT2D eigenvalue weighted by molar-refractivity contribution is -0.120. The molecule has 0 aliphatic rings. The standard InChI is InChI=1S/C20H20FN3OS/c21-18-4-2-1-3-16(18)9-12-23-19(25)13-17-14-26-20(24-17)6-5-15-7-10-22-11-8-15/h1-4,7-8,10-11,14H,5-6,9,12-13H2,(H,23,25). The van der Waals surface area contributed by atoms with Crippen LogP contribution in [0.4, 0.5) is 4.39 Å². The number of hydrogen-bond acceptors (Lipinski definition) is 4. The number of nitrogens with one attached hydrogen (secondary N) is 1. The molecule has 1 amide bonds. The van der Waals surface area contributed by atoms with Gasteiger partial charge in [0.15, 0.2) is 0 Å². The van der Waals surface area contributed by atoms with Gasteiger partial charge in [0, 0.05) is 30.7 Å². The van der Waals surface area contributed by atoms with Gasteiger partial charge in [-0.2, -0.15) is 0 Å². The van der Waals surface area contributed by atoms with Gasteiger partial charge in [0.25, 0.3) is 0 Å². The van der Waals surface area contributed by atoms with Crippen LogP contribution in [0.5, 0.6) is 0 Å². The van der Waals surface area contributed by atoms with Crippen LogP contribution >= 0.6 is 11.3 Å². The van der Waals surface area contributed by atoms with Crippen LogP contribution in [0, 0.1) is 5.82 Å². The Morgan fingerprint density at radius 3 is 2.69 bits per heavy atom. The molecule has 0 saturated heterocycles. The molecule has 3 rings (SSSR count). The van der Waals surface area contributed by atoms with Crippen molar-refractivity contribution < 1.29 is 9.18 Å². The van der Waals surface area contributed by atoms with Gasteiger partial charge in [0.2, 0.25) is 5.91 Å². The van der Waals surface area contributed by atoms with Crippen LogP contribution in [-0.2, 0) is 30.5 Å². The fraction of sp³-hybridized carbons (Fsp3) is 0.250. The molecule has 1 N–H and O–H groups in total. The number of rotatable bonds is 8. The van der Waals surface area contributed by atoms with E-state index in [4.69, 9.17) is 0 Å². The summed E-state index contributed by atoms with van der Waals surface area (Å²) in [5, 5.41) is 5.78. The molecule has 0 bridgehead atoms. The summed E-state index contributed by atoms with van der Waals surface area (Å²) in [6, 6.07) is 10.6. The molecule has 0 aliphatic carbocycles. The van der Waals surface area contributed by atoms with E-state index in [1.54, 1.807) is 41.9 Å². The van der Waals surface area contributed by atoms with Crippen molar-refractivity contribution in [3.8, 4) is 0 Å². The second-order valence-corrected chi connectivity index (χ2v) is 6.90. The van der Waals surface area contributed by atoms with Gasteiger partial charge >= 0.3 is 0 Å². The van der Waals surface area contributed by atoms with Crippen LogP contribution in [0.25, 0.3) is 0 Å². The highest BCUT2D eigenvalue weighted by Gasteiger charge is 2.08. The number of aryl methyl sites for hydroxylation is 2. The van der Waals surface area contributed by atoms with Gasteiger partial charge < -0.3 is 5.32 Å². The summed E-state index contributed by atoms with van der Waals surface area (Å²) >= 11 is 1.58. The lowest BCUT2D eigenvalue weighted by Crippen LogP contribution is -2.27. The molecular formula is C20H20FN3OS. The van der Waals surface area contributed by atoms with Crippen molar-refractivity contribution in [3.63, 3.8) is 0 Å². The molecule has 2 aromatic heterocycles. The molecule has 26 heavy (non-hydrogen) atoms. The average molecular weight is 369 g/mol. The summed E-state index contributed by atoms with van der Waals surface area (Å²) in [5.74, 6) is -0.326. The summed E-state index contributed by atoms with van der Waals surface area (Å²) in [6.45, 7) is 0.415. The van der Waals surface area contributed by atoms with E-state index in [1.807, 2.05) is 17.5 Å². The fourth-order valence-corrected chi connectivity index (χ4v) is 3.41. The lowest BCUT2D eigenvalue weighted by Gasteiger charge is -2.05. The second-order valence-electron chi connectivity index (χ2n) is 5.96. The number of benzene rings is 1. The molecular weight excluding hydrogens is 349 g/mol. The van der Waals surface area contributed by atoms with Gasteiger partial charge in [0.1, 0.15) is 5.82 Å². The highest BCUT2D eigenvalue weighted by Crippen LogP contribution is 2.13.